The first-order chi connectivity index (χ1) is 12.7. The molecule has 7 heteroatoms. The monoisotopic (exact) mass is 372 g/mol. The lowest BCUT2D eigenvalue weighted by Crippen LogP contribution is -2.39. The van der Waals surface area contributed by atoms with E-state index in [1.807, 2.05) is 31.2 Å². The van der Waals surface area contributed by atoms with Gasteiger partial charge in [-0.05, 0) is 50.2 Å². The molecule has 2 fully saturated rings. The zero-order chi connectivity index (χ0) is 17.9. The second-order valence-corrected chi connectivity index (χ2v) is 7.98. The van der Waals surface area contributed by atoms with Crippen LogP contribution in [0.15, 0.2) is 29.4 Å². The van der Waals surface area contributed by atoms with Crippen LogP contribution >= 0.6 is 11.8 Å². The number of thioether (sulfide) groups is 1. The number of fused-ring (bicyclic) bond motifs is 2. The van der Waals surface area contributed by atoms with Crippen molar-refractivity contribution >= 4 is 17.7 Å². The number of H-pyrrole nitrogens is 1. The summed E-state index contributed by atoms with van der Waals surface area (Å²) in [5, 5.41) is 11.0. The molecule has 2 aliphatic rings. The van der Waals surface area contributed by atoms with E-state index in [1.165, 1.54) is 31.0 Å². The first-order valence-corrected chi connectivity index (χ1v) is 10.3. The van der Waals surface area contributed by atoms with E-state index in [0.29, 0.717) is 35.3 Å². The molecule has 6 nitrogen and oxygen atoms in total. The highest BCUT2D eigenvalue weighted by Crippen LogP contribution is 2.44. The lowest BCUT2D eigenvalue weighted by atomic mass is 9.95. The van der Waals surface area contributed by atoms with Gasteiger partial charge in [0.05, 0.1) is 17.9 Å². The maximum absolute atomic E-state index is 12.2. The van der Waals surface area contributed by atoms with Crippen molar-refractivity contribution in [2.24, 2.45) is 11.8 Å². The SMILES string of the molecule is CCOc1ccccc1-c1nc(SCC(=O)N[C@@H]2C[C@@H]3CC[C@@H]2C3)n[nH]1. The Balaban J connectivity index is 1.33. The highest BCUT2D eigenvalue weighted by molar-refractivity contribution is 7.99. The number of aromatic amines is 1. The molecule has 1 aromatic heterocycles. The van der Waals surface area contributed by atoms with Gasteiger partial charge < -0.3 is 10.1 Å². The van der Waals surface area contributed by atoms with Crippen LogP contribution in [0.1, 0.15) is 32.6 Å². The predicted octanol–water partition coefficient (Wildman–Crippen LogP) is 3.27. The molecule has 0 saturated heterocycles. The largest absolute Gasteiger partial charge is 0.493 e. The molecule has 1 heterocycles. The summed E-state index contributed by atoms with van der Waals surface area (Å²) < 4.78 is 5.64. The van der Waals surface area contributed by atoms with E-state index in [-0.39, 0.29) is 5.91 Å². The van der Waals surface area contributed by atoms with Crippen LogP contribution in [0.25, 0.3) is 11.4 Å². The van der Waals surface area contributed by atoms with Crippen molar-refractivity contribution in [1.29, 1.82) is 0 Å². The molecule has 2 saturated carbocycles. The molecule has 4 rings (SSSR count). The summed E-state index contributed by atoms with van der Waals surface area (Å²) in [5.74, 6) is 3.38. The maximum Gasteiger partial charge on any atom is 0.230 e. The third-order valence-electron chi connectivity index (χ3n) is 5.32. The van der Waals surface area contributed by atoms with Crippen molar-refractivity contribution in [1.82, 2.24) is 20.5 Å². The van der Waals surface area contributed by atoms with Crippen LogP contribution < -0.4 is 10.1 Å². The fourth-order valence-electron chi connectivity index (χ4n) is 4.18. The molecule has 1 aromatic carbocycles. The average molecular weight is 372 g/mol. The van der Waals surface area contributed by atoms with Crippen molar-refractivity contribution in [2.45, 2.75) is 43.8 Å². The molecular weight excluding hydrogens is 348 g/mol. The van der Waals surface area contributed by atoms with Crippen LogP contribution in [0.5, 0.6) is 5.75 Å². The Morgan fingerprint density at radius 2 is 2.23 bits per heavy atom. The summed E-state index contributed by atoms with van der Waals surface area (Å²) in [4.78, 5) is 16.7. The lowest BCUT2D eigenvalue weighted by Gasteiger charge is -2.22. The number of carbonyl (C=O) groups excluding carboxylic acids is 1. The van der Waals surface area contributed by atoms with Gasteiger partial charge >= 0.3 is 0 Å². The van der Waals surface area contributed by atoms with Crippen molar-refractivity contribution < 1.29 is 9.53 Å². The van der Waals surface area contributed by atoms with Gasteiger partial charge in [-0.1, -0.05) is 30.3 Å². The fourth-order valence-corrected chi connectivity index (χ4v) is 4.78. The van der Waals surface area contributed by atoms with E-state index >= 15 is 0 Å². The Kier molecular flexibility index (Phi) is 5.15. The zero-order valence-electron chi connectivity index (χ0n) is 14.9. The summed E-state index contributed by atoms with van der Waals surface area (Å²) in [6.07, 6.45) is 5.06. The zero-order valence-corrected chi connectivity index (χ0v) is 15.7. The summed E-state index contributed by atoms with van der Waals surface area (Å²) in [6, 6.07) is 8.11. The molecule has 26 heavy (non-hydrogen) atoms. The van der Waals surface area contributed by atoms with E-state index in [1.54, 1.807) is 0 Å². The van der Waals surface area contributed by atoms with Crippen LogP contribution in [0.3, 0.4) is 0 Å². The molecule has 1 amide bonds. The summed E-state index contributed by atoms with van der Waals surface area (Å²) in [7, 11) is 0. The first kappa shape index (κ1) is 17.4. The van der Waals surface area contributed by atoms with E-state index in [0.717, 1.165) is 23.7 Å². The predicted molar refractivity (Wildman–Crippen MR) is 101 cm³/mol. The minimum atomic E-state index is 0.0774. The van der Waals surface area contributed by atoms with Gasteiger partial charge in [-0.25, -0.2) is 4.98 Å². The Hall–Kier alpha value is -2.02. The van der Waals surface area contributed by atoms with Gasteiger partial charge in [0, 0.05) is 6.04 Å². The van der Waals surface area contributed by atoms with Crippen LogP contribution in [-0.2, 0) is 4.79 Å². The number of nitrogens with one attached hydrogen (secondary N) is 2. The number of hydrogen-bond acceptors (Lipinski definition) is 5. The third-order valence-corrected chi connectivity index (χ3v) is 6.17. The number of para-hydroxylation sites is 1. The number of benzene rings is 1. The van der Waals surface area contributed by atoms with Crippen LogP contribution in [0.4, 0.5) is 0 Å². The molecule has 0 radical (unpaired) electrons. The summed E-state index contributed by atoms with van der Waals surface area (Å²) in [6.45, 7) is 2.54. The fraction of sp³-hybridized carbons (Fsp3) is 0.526. The number of carbonyl (C=O) groups is 1. The molecule has 2 N–H and O–H groups in total. The molecule has 138 valence electrons. The molecule has 2 aliphatic carbocycles. The van der Waals surface area contributed by atoms with Crippen LogP contribution in [0, 0.1) is 11.8 Å². The van der Waals surface area contributed by atoms with Gasteiger partial charge in [-0.2, -0.15) is 0 Å². The lowest BCUT2D eigenvalue weighted by molar-refractivity contribution is -0.119. The highest BCUT2D eigenvalue weighted by atomic mass is 32.2. The average Bonchev–Trinajstić information content (AvgIpc) is 3.38. The number of hydrogen-bond donors (Lipinski definition) is 2. The summed E-state index contributed by atoms with van der Waals surface area (Å²) >= 11 is 1.36. The second kappa shape index (κ2) is 7.70. The van der Waals surface area contributed by atoms with Crippen molar-refractivity contribution in [3.63, 3.8) is 0 Å². The van der Waals surface area contributed by atoms with Crippen molar-refractivity contribution in [2.75, 3.05) is 12.4 Å². The molecule has 3 atom stereocenters. The van der Waals surface area contributed by atoms with Crippen molar-refractivity contribution in [3.05, 3.63) is 24.3 Å². The Labute approximate surface area is 157 Å². The van der Waals surface area contributed by atoms with Gasteiger partial charge in [0.2, 0.25) is 11.1 Å². The molecule has 2 aromatic rings. The molecule has 0 aliphatic heterocycles. The van der Waals surface area contributed by atoms with E-state index in [2.05, 4.69) is 20.5 Å². The van der Waals surface area contributed by atoms with Crippen molar-refractivity contribution in [3.8, 4) is 17.1 Å². The van der Waals surface area contributed by atoms with Gasteiger partial charge in [0.15, 0.2) is 5.82 Å². The second-order valence-electron chi connectivity index (χ2n) is 7.03. The van der Waals surface area contributed by atoms with Gasteiger partial charge in [-0.15, -0.1) is 5.10 Å². The number of rotatable bonds is 7. The standard InChI is InChI=1S/C19H24N4O2S/c1-2-25-16-6-4-3-5-14(16)18-21-19(23-22-18)26-11-17(24)20-15-10-12-7-8-13(15)9-12/h3-6,12-13,15H,2,7-11H2,1H3,(H,20,24)(H,21,22,23)/t12-,13-,15-/m1/s1. The van der Waals surface area contributed by atoms with Crippen LogP contribution in [-0.4, -0.2) is 39.5 Å². The van der Waals surface area contributed by atoms with E-state index in [9.17, 15) is 4.79 Å². The summed E-state index contributed by atoms with van der Waals surface area (Å²) in [5.41, 5.74) is 0.875. The first-order valence-electron chi connectivity index (χ1n) is 9.29. The Morgan fingerprint density at radius 1 is 1.35 bits per heavy atom. The molecule has 0 unspecified atom stereocenters. The Bertz CT molecular complexity index is 778. The van der Waals surface area contributed by atoms with E-state index < -0.39 is 0 Å². The smallest absolute Gasteiger partial charge is 0.230 e. The number of aromatic nitrogens is 3. The topological polar surface area (TPSA) is 79.9 Å². The van der Waals surface area contributed by atoms with E-state index in [4.69, 9.17) is 4.74 Å². The maximum atomic E-state index is 12.2. The normalized spacial score (nSPS) is 24.0. The van der Waals surface area contributed by atoms with Gasteiger partial charge in [0.25, 0.3) is 0 Å². The van der Waals surface area contributed by atoms with Gasteiger partial charge in [0.1, 0.15) is 5.75 Å². The molecular formula is C19H24N4O2S. The molecule has 0 spiro atoms. The van der Waals surface area contributed by atoms with Crippen LogP contribution in [0.2, 0.25) is 0 Å². The number of nitrogens with zero attached hydrogens (tertiary/aromatic N) is 2. The Morgan fingerprint density at radius 3 is 3.00 bits per heavy atom. The quantitative estimate of drug-likeness (QED) is 0.729. The molecule has 2 bridgehead atoms. The minimum absolute atomic E-state index is 0.0774. The number of amides is 1. The minimum Gasteiger partial charge on any atom is -0.493 e. The third kappa shape index (κ3) is 3.72. The highest BCUT2D eigenvalue weighted by Gasteiger charge is 2.40. The van der Waals surface area contributed by atoms with Gasteiger partial charge in [-0.3, -0.25) is 9.89 Å². The number of ether oxygens (including phenoxy) is 1.